The SMILES string of the molecule is CCNC1CCCC1CN1CCCCCC1CC. The Hall–Kier alpha value is -0.0800. The van der Waals surface area contributed by atoms with Crippen LogP contribution in [-0.2, 0) is 0 Å². The molecule has 3 atom stereocenters. The summed E-state index contributed by atoms with van der Waals surface area (Å²) in [5.41, 5.74) is 0. The molecule has 2 nitrogen and oxygen atoms in total. The molecule has 106 valence electrons. The third-order valence-electron chi connectivity index (χ3n) is 5.06. The highest BCUT2D eigenvalue weighted by Gasteiger charge is 2.30. The van der Waals surface area contributed by atoms with E-state index in [1.807, 2.05) is 0 Å². The van der Waals surface area contributed by atoms with E-state index in [-0.39, 0.29) is 0 Å². The van der Waals surface area contributed by atoms with Gasteiger partial charge in [-0.15, -0.1) is 0 Å². The zero-order chi connectivity index (χ0) is 12.8. The topological polar surface area (TPSA) is 15.3 Å². The zero-order valence-corrected chi connectivity index (χ0v) is 12.5. The summed E-state index contributed by atoms with van der Waals surface area (Å²) in [7, 11) is 0. The molecule has 0 radical (unpaired) electrons. The van der Waals surface area contributed by atoms with Gasteiger partial charge in [0.1, 0.15) is 0 Å². The lowest BCUT2D eigenvalue weighted by Crippen LogP contribution is -2.43. The Labute approximate surface area is 114 Å². The maximum Gasteiger partial charge on any atom is 0.0107 e. The minimum atomic E-state index is 0.802. The molecule has 2 aliphatic rings. The first-order valence-electron chi connectivity index (χ1n) is 8.32. The van der Waals surface area contributed by atoms with Crippen molar-refractivity contribution in [2.24, 2.45) is 5.92 Å². The average molecular weight is 252 g/mol. The molecular formula is C16H32N2. The van der Waals surface area contributed by atoms with Gasteiger partial charge < -0.3 is 10.2 Å². The summed E-state index contributed by atoms with van der Waals surface area (Å²) in [6, 6.07) is 1.67. The number of nitrogens with one attached hydrogen (secondary N) is 1. The second-order valence-electron chi connectivity index (χ2n) is 6.26. The third kappa shape index (κ3) is 3.71. The van der Waals surface area contributed by atoms with Crippen molar-refractivity contribution in [2.45, 2.75) is 77.3 Å². The van der Waals surface area contributed by atoms with Gasteiger partial charge in [0, 0.05) is 18.6 Å². The molecule has 0 bridgehead atoms. The fraction of sp³-hybridized carbons (Fsp3) is 1.00. The van der Waals surface area contributed by atoms with Crippen molar-refractivity contribution in [2.75, 3.05) is 19.6 Å². The summed E-state index contributed by atoms with van der Waals surface area (Å²) in [5.74, 6) is 0.914. The van der Waals surface area contributed by atoms with Crippen LogP contribution in [0.2, 0.25) is 0 Å². The summed E-state index contributed by atoms with van der Waals surface area (Å²) in [6.45, 7) is 8.47. The van der Waals surface area contributed by atoms with E-state index >= 15 is 0 Å². The van der Waals surface area contributed by atoms with Gasteiger partial charge in [-0.2, -0.15) is 0 Å². The molecule has 2 heteroatoms. The fourth-order valence-corrected chi connectivity index (χ4v) is 4.03. The number of rotatable bonds is 5. The van der Waals surface area contributed by atoms with Gasteiger partial charge in [0.25, 0.3) is 0 Å². The van der Waals surface area contributed by atoms with E-state index in [0.29, 0.717) is 0 Å². The summed E-state index contributed by atoms with van der Waals surface area (Å²) in [6.07, 6.45) is 11.4. The van der Waals surface area contributed by atoms with Crippen LogP contribution in [0.5, 0.6) is 0 Å². The van der Waals surface area contributed by atoms with E-state index in [0.717, 1.165) is 24.5 Å². The van der Waals surface area contributed by atoms with Crippen LogP contribution in [-0.4, -0.2) is 36.6 Å². The first kappa shape index (κ1) is 14.3. The van der Waals surface area contributed by atoms with Gasteiger partial charge >= 0.3 is 0 Å². The summed E-state index contributed by atoms with van der Waals surface area (Å²) < 4.78 is 0. The van der Waals surface area contributed by atoms with Crippen LogP contribution in [0.25, 0.3) is 0 Å². The normalized spacial score (nSPS) is 34.7. The molecule has 0 aromatic rings. The predicted molar refractivity (Wildman–Crippen MR) is 78.9 cm³/mol. The van der Waals surface area contributed by atoms with Crippen LogP contribution in [0.1, 0.15) is 65.2 Å². The van der Waals surface area contributed by atoms with Crippen molar-refractivity contribution >= 4 is 0 Å². The average Bonchev–Trinajstić information content (AvgIpc) is 2.68. The lowest BCUT2D eigenvalue weighted by Gasteiger charge is -2.33. The summed E-state index contributed by atoms with van der Waals surface area (Å²) in [4.78, 5) is 2.83. The highest BCUT2D eigenvalue weighted by atomic mass is 15.2. The molecule has 2 fully saturated rings. The van der Waals surface area contributed by atoms with E-state index in [4.69, 9.17) is 0 Å². The Bertz CT molecular complexity index is 229. The van der Waals surface area contributed by atoms with Crippen molar-refractivity contribution in [3.8, 4) is 0 Å². The molecule has 0 aromatic heterocycles. The van der Waals surface area contributed by atoms with E-state index in [1.54, 1.807) is 0 Å². The maximum absolute atomic E-state index is 3.71. The van der Waals surface area contributed by atoms with Gasteiger partial charge in [-0.25, -0.2) is 0 Å². The minimum Gasteiger partial charge on any atom is -0.314 e. The van der Waals surface area contributed by atoms with Gasteiger partial charge in [0.05, 0.1) is 0 Å². The molecule has 1 N–H and O–H groups in total. The first-order chi connectivity index (χ1) is 8.85. The van der Waals surface area contributed by atoms with Crippen LogP contribution in [0.4, 0.5) is 0 Å². The Morgan fingerprint density at radius 1 is 1.00 bits per heavy atom. The van der Waals surface area contributed by atoms with E-state index in [1.165, 1.54) is 64.5 Å². The highest BCUT2D eigenvalue weighted by molar-refractivity contribution is 4.87. The van der Waals surface area contributed by atoms with Crippen LogP contribution < -0.4 is 5.32 Å². The smallest absolute Gasteiger partial charge is 0.0107 e. The minimum absolute atomic E-state index is 0.802. The number of likely N-dealkylation sites (tertiary alicyclic amines) is 1. The third-order valence-corrected chi connectivity index (χ3v) is 5.06. The molecule has 1 saturated carbocycles. The van der Waals surface area contributed by atoms with Crippen LogP contribution in [0, 0.1) is 5.92 Å². The van der Waals surface area contributed by atoms with Gasteiger partial charge in [0.15, 0.2) is 0 Å². The molecule has 1 saturated heterocycles. The predicted octanol–water partition coefficient (Wildman–Crippen LogP) is 3.42. The molecular weight excluding hydrogens is 220 g/mol. The zero-order valence-electron chi connectivity index (χ0n) is 12.5. The highest BCUT2D eigenvalue weighted by Crippen LogP contribution is 2.29. The van der Waals surface area contributed by atoms with Crippen LogP contribution in [0.15, 0.2) is 0 Å². The van der Waals surface area contributed by atoms with Gasteiger partial charge in [-0.3, -0.25) is 0 Å². The quantitative estimate of drug-likeness (QED) is 0.806. The van der Waals surface area contributed by atoms with Crippen LogP contribution >= 0.6 is 0 Å². The molecule has 1 aliphatic carbocycles. The molecule has 1 aliphatic heterocycles. The Kier molecular flexibility index (Phi) is 5.97. The van der Waals surface area contributed by atoms with E-state index < -0.39 is 0 Å². The van der Waals surface area contributed by atoms with Crippen LogP contribution in [0.3, 0.4) is 0 Å². The van der Waals surface area contributed by atoms with Crippen molar-refractivity contribution in [1.82, 2.24) is 10.2 Å². The Morgan fingerprint density at radius 2 is 1.89 bits per heavy atom. The molecule has 0 amide bonds. The lowest BCUT2D eigenvalue weighted by atomic mass is 10.0. The molecule has 0 aromatic carbocycles. The molecule has 3 unspecified atom stereocenters. The number of hydrogen-bond acceptors (Lipinski definition) is 2. The number of hydrogen-bond donors (Lipinski definition) is 1. The van der Waals surface area contributed by atoms with Gasteiger partial charge in [-0.1, -0.05) is 33.1 Å². The van der Waals surface area contributed by atoms with E-state index in [9.17, 15) is 0 Å². The second-order valence-corrected chi connectivity index (χ2v) is 6.26. The fourth-order valence-electron chi connectivity index (χ4n) is 4.03. The molecule has 18 heavy (non-hydrogen) atoms. The Morgan fingerprint density at radius 3 is 2.67 bits per heavy atom. The second kappa shape index (κ2) is 7.49. The Balaban J connectivity index is 1.89. The summed E-state index contributed by atoms with van der Waals surface area (Å²) in [5, 5.41) is 3.71. The maximum atomic E-state index is 3.71. The molecule has 2 rings (SSSR count). The standard InChI is InChI=1S/C16H32N2/c1-3-15-10-6-5-7-12-18(15)13-14-9-8-11-16(14)17-4-2/h14-17H,3-13H2,1-2H3. The summed E-state index contributed by atoms with van der Waals surface area (Å²) >= 11 is 0. The van der Waals surface area contributed by atoms with Crippen molar-refractivity contribution in [3.63, 3.8) is 0 Å². The van der Waals surface area contributed by atoms with Crippen molar-refractivity contribution in [1.29, 1.82) is 0 Å². The molecule has 1 heterocycles. The lowest BCUT2D eigenvalue weighted by molar-refractivity contribution is 0.155. The molecule has 0 spiro atoms. The van der Waals surface area contributed by atoms with Gasteiger partial charge in [0.2, 0.25) is 0 Å². The van der Waals surface area contributed by atoms with E-state index in [2.05, 4.69) is 24.1 Å². The van der Waals surface area contributed by atoms with Crippen molar-refractivity contribution in [3.05, 3.63) is 0 Å². The number of nitrogens with zero attached hydrogens (tertiary/aromatic N) is 1. The monoisotopic (exact) mass is 252 g/mol. The van der Waals surface area contributed by atoms with Gasteiger partial charge in [-0.05, 0) is 51.1 Å². The van der Waals surface area contributed by atoms with Crippen molar-refractivity contribution < 1.29 is 0 Å². The largest absolute Gasteiger partial charge is 0.314 e. The first-order valence-corrected chi connectivity index (χ1v) is 8.32.